The maximum Gasteiger partial charge on any atom is 0.229 e. The molecule has 4 aliphatic heterocycles. The van der Waals surface area contributed by atoms with Gasteiger partial charge in [0.15, 0.2) is 29.3 Å². The van der Waals surface area contributed by atoms with Gasteiger partial charge in [-0.2, -0.15) is 0 Å². The van der Waals surface area contributed by atoms with E-state index in [-0.39, 0.29) is 42.6 Å². The van der Waals surface area contributed by atoms with Crippen molar-refractivity contribution >= 4 is 0 Å². The summed E-state index contributed by atoms with van der Waals surface area (Å²) in [5.74, 6) is -3.14. The van der Waals surface area contributed by atoms with Crippen LogP contribution in [0, 0.1) is 5.92 Å². The molecule has 4 saturated heterocycles. The van der Waals surface area contributed by atoms with Gasteiger partial charge in [-0.3, -0.25) is 0 Å². The Balaban J connectivity index is 1.20. The lowest BCUT2D eigenvalue weighted by molar-refractivity contribution is -0.384. The third kappa shape index (κ3) is 9.04. The molecule has 22 heteroatoms. The highest BCUT2D eigenvalue weighted by Gasteiger charge is 2.58. The van der Waals surface area contributed by atoms with Crippen LogP contribution < -0.4 is 14.2 Å². The van der Waals surface area contributed by atoms with Crippen molar-refractivity contribution in [1.29, 1.82) is 0 Å². The van der Waals surface area contributed by atoms with Crippen LogP contribution in [-0.2, 0) is 34.8 Å². The van der Waals surface area contributed by atoms with Gasteiger partial charge in [0.2, 0.25) is 12.1 Å². The molecule has 4 aliphatic rings. The van der Waals surface area contributed by atoms with Gasteiger partial charge in [0.25, 0.3) is 0 Å². The number of methoxy groups -OCH3 is 2. The first kappa shape index (κ1) is 46.4. The number of aliphatic hydroxyl groups is 12. The predicted octanol–water partition coefficient (Wildman–Crippen LogP) is -5.11. The first-order valence-corrected chi connectivity index (χ1v) is 19.1. The normalized spacial score (nSPS) is 40.7. The smallest absolute Gasteiger partial charge is 0.229 e. The molecule has 0 unspecified atom stereocenters. The van der Waals surface area contributed by atoms with Crippen LogP contribution in [-0.4, -0.2) is 211 Å². The van der Waals surface area contributed by atoms with Gasteiger partial charge in [-0.25, -0.2) is 0 Å². The molecule has 22 nitrogen and oxygen atoms in total. The Kier molecular flexibility index (Phi) is 14.8. The molecular weight excluding hydrogens is 808 g/mol. The van der Waals surface area contributed by atoms with Crippen LogP contribution in [0.15, 0.2) is 36.4 Å². The molecule has 338 valence electrons. The molecule has 13 N–H and O–H groups in total. The second kappa shape index (κ2) is 19.1. The number of aromatic hydroxyl groups is 1. The average molecular weight is 863 g/mol. The summed E-state index contributed by atoms with van der Waals surface area (Å²) in [6.45, 7) is -3.51. The van der Waals surface area contributed by atoms with Crippen molar-refractivity contribution in [3.8, 4) is 23.0 Å². The van der Waals surface area contributed by atoms with E-state index < -0.39 is 130 Å². The van der Waals surface area contributed by atoms with Gasteiger partial charge >= 0.3 is 0 Å². The maximum absolute atomic E-state index is 12.3. The summed E-state index contributed by atoms with van der Waals surface area (Å²) in [5.41, 5.74) is -0.705. The number of phenolic OH excluding ortho intramolecular Hbond substituents is 1. The van der Waals surface area contributed by atoms with E-state index in [2.05, 4.69) is 0 Å². The van der Waals surface area contributed by atoms with Crippen molar-refractivity contribution in [3.63, 3.8) is 0 Å². The molecule has 2 aromatic carbocycles. The van der Waals surface area contributed by atoms with E-state index >= 15 is 0 Å². The van der Waals surface area contributed by atoms with Gasteiger partial charge in [-0.05, 0) is 35.4 Å². The molecule has 60 heavy (non-hydrogen) atoms. The van der Waals surface area contributed by atoms with Crippen LogP contribution in [0.2, 0.25) is 0 Å². The van der Waals surface area contributed by atoms with Crippen LogP contribution >= 0.6 is 0 Å². The lowest BCUT2D eigenvalue weighted by Gasteiger charge is -2.43. The second-order valence-corrected chi connectivity index (χ2v) is 15.3. The Bertz CT molecular complexity index is 1720. The van der Waals surface area contributed by atoms with Gasteiger partial charge in [-0.15, -0.1) is 0 Å². The fourth-order valence-corrected chi connectivity index (χ4v) is 7.86. The predicted molar refractivity (Wildman–Crippen MR) is 195 cm³/mol. The highest BCUT2D eigenvalue weighted by atomic mass is 16.8. The third-order valence-corrected chi connectivity index (χ3v) is 11.4. The minimum absolute atomic E-state index is 0.0538. The fraction of sp³-hybridized carbons (Fsp3) is 0.684. The molecule has 0 amide bonds. The number of hydrogen-bond acceptors (Lipinski definition) is 22. The summed E-state index contributed by atoms with van der Waals surface area (Å²) in [7, 11) is 2.70. The highest BCUT2D eigenvalue weighted by Crippen LogP contribution is 2.46. The van der Waals surface area contributed by atoms with E-state index in [1.54, 1.807) is 12.1 Å². The Hall–Kier alpha value is -3.08. The van der Waals surface area contributed by atoms with Crippen LogP contribution in [0.25, 0.3) is 0 Å². The zero-order valence-corrected chi connectivity index (χ0v) is 32.6. The van der Waals surface area contributed by atoms with Gasteiger partial charge in [0, 0.05) is 12.3 Å². The average Bonchev–Trinajstić information content (AvgIpc) is 3.70. The standard InChI is InChI=1S/C38H54O22/c1-52-21-8-17(4-5-19(21)42)33-18(12-54-13-25-27(44)30(47)32(49)36(58-25)60-38(14-41)34(50)28(45)24(11-40)59-38)37(51,15-55-33)9-16-3-6-20(22(7-16)53-2)56-35-31(48)29(46)26(43)23(10-39)57-35/h3-8,18,23-36,39-51H,9-15H2,1-2H3/t18-,23-,24-,25-,26-,27-,28-,29+,30+,31-,32-,33-,34+,35-,36-,37-,38+/m1/s1. The van der Waals surface area contributed by atoms with Crippen LogP contribution in [0.1, 0.15) is 17.2 Å². The second-order valence-electron chi connectivity index (χ2n) is 15.3. The summed E-state index contributed by atoms with van der Waals surface area (Å²) < 4.78 is 50.9. The molecular formula is C38H54O22. The number of benzene rings is 2. The third-order valence-electron chi connectivity index (χ3n) is 11.4. The monoisotopic (exact) mass is 862 g/mol. The van der Waals surface area contributed by atoms with E-state index in [4.69, 9.17) is 42.6 Å². The van der Waals surface area contributed by atoms with Crippen LogP contribution in [0.5, 0.6) is 23.0 Å². The summed E-state index contributed by atoms with van der Waals surface area (Å²) in [6.07, 6.45) is -22.6. The van der Waals surface area contributed by atoms with E-state index in [9.17, 15) is 66.4 Å². The lowest BCUT2D eigenvalue weighted by atomic mass is 9.80. The topological polar surface area (TPSA) is 346 Å². The number of ether oxygens (including phenoxy) is 9. The molecule has 0 aromatic heterocycles. The van der Waals surface area contributed by atoms with E-state index in [1.165, 1.54) is 38.5 Å². The lowest BCUT2D eigenvalue weighted by Crippen LogP contribution is -2.62. The quantitative estimate of drug-likeness (QED) is 0.0751. The van der Waals surface area contributed by atoms with Crippen molar-refractivity contribution in [2.75, 3.05) is 53.9 Å². The van der Waals surface area contributed by atoms with E-state index in [0.29, 0.717) is 11.1 Å². The summed E-state index contributed by atoms with van der Waals surface area (Å²) in [5, 5.41) is 136. The summed E-state index contributed by atoms with van der Waals surface area (Å²) in [4.78, 5) is 0. The first-order valence-electron chi connectivity index (χ1n) is 19.1. The fourth-order valence-electron chi connectivity index (χ4n) is 7.86. The molecule has 0 spiro atoms. The Labute approximate surface area is 342 Å². The number of hydrogen-bond donors (Lipinski definition) is 13. The number of rotatable bonds is 16. The van der Waals surface area contributed by atoms with E-state index in [1.807, 2.05) is 0 Å². The maximum atomic E-state index is 12.3. The van der Waals surface area contributed by atoms with Crippen molar-refractivity contribution in [2.24, 2.45) is 5.92 Å². The Morgan fingerprint density at radius 2 is 1.33 bits per heavy atom. The Morgan fingerprint density at radius 1 is 0.683 bits per heavy atom. The SMILES string of the molecule is COc1cc([C@H]2OC[C@](O)(Cc3ccc(O[C@@H]4O[C@H](CO)[C@@H](O)[C@H](O)[C@H]4O)c(OC)c3)[C@@H]2COC[C@H]2O[C@H](O[C@]3(CO)O[C@H](CO)[C@@H](O)[C@@H]3O)[C@H](O)[C@@H](O)[C@@H]2O)ccc1O. The molecule has 4 heterocycles. The molecule has 0 saturated carbocycles. The molecule has 0 radical (unpaired) electrons. The van der Waals surface area contributed by atoms with Gasteiger partial charge < -0.3 is 109 Å². The zero-order chi connectivity index (χ0) is 43.7. The first-order chi connectivity index (χ1) is 28.5. The van der Waals surface area contributed by atoms with Crippen molar-refractivity contribution in [3.05, 3.63) is 47.5 Å². The van der Waals surface area contributed by atoms with E-state index in [0.717, 1.165) is 0 Å². The largest absolute Gasteiger partial charge is 0.504 e. The van der Waals surface area contributed by atoms with Crippen LogP contribution in [0.4, 0.5) is 0 Å². The van der Waals surface area contributed by atoms with Gasteiger partial charge in [-0.1, -0.05) is 12.1 Å². The summed E-state index contributed by atoms with van der Waals surface area (Å²) in [6, 6.07) is 9.06. The molecule has 4 fully saturated rings. The minimum Gasteiger partial charge on any atom is -0.504 e. The van der Waals surface area contributed by atoms with Crippen LogP contribution in [0.3, 0.4) is 0 Å². The Morgan fingerprint density at radius 3 is 1.97 bits per heavy atom. The molecule has 0 aliphatic carbocycles. The van der Waals surface area contributed by atoms with Gasteiger partial charge in [0.1, 0.15) is 73.8 Å². The highest BCUT2D eigenvalue weighted by molar-refractivity contribution is 5.45. The number of aliphatic hydroxyl groups excluding tert-OH is 11. The van der Waals surface area contributed by atoms with Gasteiger partial charge in [0.05, 0.1) is 59.0 Å². The molecule has 17 atom stereocenters. The molecule has 6 rings (SSSR count). The van der Waals surface area contributed by atoms with Crippen molar-refractivity contribution in [2.45, 2.75) is 104 Å². The number of phenols is 1. The van der Waals surface area contributed by atoms with Crippen molar-refractivity contribution < 1.29 is 109 Å². The molecule has 0 bridgehead atoms. The molecule has 2 aromatic rings. The summed E-state index contributed by atoms with van der Waals surface area (Å²) >= 11 is 0. The zero-order valence-electron chi connectivity index (χ0n) is 32.6. The van der Waals surface area contributed by atoms with Crippen molar-refractivity contribution in [1.82, 2.24) is 0 Å². The minimum atomic E-state index is -2.39.